The van der Waals surface area contributed by atoms with E-state index in [1.54, 1.807) is 10.9 Å². The minimum Gasteiger partial charge on any atom is -0.341 e. The Morgan fingerprint density at radius 2 is 2.07 bits per heavy atom. The number of rotatable bonds is 4. The number of carbonyl (C=O) groups is 1. The maximum atomic E-state index is 12.6. The maximum Gasteiger partial charge on any atom is 0.244 e. The number of pyridine rings is 1. The number of hydrogen-bond acceptors (Lipinski definition) is 6. The highest BCUT2D eigenvalue weighted by Crippen LogP contribution is 2.28. The zero-order chi connectivity index (χ0) is 18.8. The van der Waals surface area contributed by atoms with E-state index in [-0.39, 0.29) is 18.4 Å². The van der Waals surface area contributed by atoms with E-state index < -0.39 is 0 Å². The maximum absolute atomic E-state index is 12.6. The Morgan fingerprint density at radius 3 is 2.74 bits per heavy atom. The van der Waals surface area contributed by atoms with Crippen molar-refractivity contribution in [3.8, 4) is 11.5 Å². The van der Waals surface area contributed by atoms with Crippen LogP contribution < -0.4 is 0 Å². The van der Waals surface area contributed by atoms with Crippen LogP contribution in [0, 0.1) is 13.8 Å². The van der Waals surface area contributed by atoms with Gasteiger partial charge in [-0.2, -0.15) is 10.1 Å². The van der Waals surface area contributed by atoms with Gasteiger partial charge in [-0.1, -0.05) is 11.2 Å². The molecule has 0 saturated carbocycles. The molecule has 1 fully saturated rings. The van der Waals surface area contributed by atoms with Gasteiger partial charge in [0.1, 0.15) is 12.2 Å². The smallest absolute Gasteiger partial charge is 0.244 e. The molecular formula is C19H22N6O2. The molecule has 0 unspecified atom stereocenters. The number of amides is 1. The number of hydrogen-bond donors (Lipinski definition) is 0. The summed E-state index contributed by atoms with van der Waals surface area (Å²) in [6.07, 6.45) is 3.33. The molecule has 8 heteroatoms. The van der Waals surface area contributed by atoms with Crippen LogP contribution in [0.15, 0.2) is 35.0 Å². The first-order valence-electron chi connectivity index (χ1n) is 9.14. The molecule has 8 nitrogen and oxygen atoms in total. The zero-order valence-electron chi connectivity index (χ0n) is 15.5. The number of nitrogens with zero attached hydrogens (tertiary/aromatic N) is 6. The molecule has 1 saturated heterocycles. The van der Waals surface area contributed by atoms with E-state index in [2.05, 4.69) is 20.2 Å². The van der Waals surface area contributed by atoms with Gasteiger partial charge in [-0.25, -0.2) is 0 Å². The van der Waals surface area contributed by atoms with E-state index in [1.165, 1.54) is 0 Å². The monoisotopic (exact) mass is 366 g/mol. The molecule has 140 valence electrons. The van der Waals surface area contributed by atoms with Crippen molar-refractivity contribution in [2.75, 3.05) is 13.1 Å². The molecule has 1 aliphatic heterocycles. The molecule has 4 heterocycles. The van der Waals surface area contributed by atoms with Crippen molar-refractivity contribution in [1.82, 2.24) is 29.8 Å². The third-order valence-electron chi connectivity index (χ3n) is 4.92. The second-order valence-corrected chi connectivity index (χ2v) is 6.91. The van der Waals surface area contributed by atoms with Crippen LogP contribution in [-0.2, 0) is 11.3 Å². The lowest BCUT2D eigenvalue weighted by Gasteiger charge is -2.30. The van der Waals surface area contributed by atoms with Gasteiger partial charge in [0.25, 0.3) is 0 Å². The first kappa shape index (κ1) is 17.4. The van der Waals surface area contributed by atoms with Gasteiger partial charge < -0.3 is 9.42 Å². The van der Waals surface area contributed by atoms with Crippen LogP contribution in [0.2, 0.25) is 0 Å². The lowest BCUT2D eigenvalue weighted by atomic mass is 9.96. The molecule has 0 spiro atoms. The summed E-state index contributed by atoms with van der Waals surface area (Å²) in [5.74, 6) is 1.40. The van der Waals surface area contributed by atoms with Gasteiger partial charge in [0.05, 0.1) is 5.69 Å². The summed E-state index contributed by atoms with van der Waals surface area (Å²) < 4.78 is 7.21. The Labute approximate surface area is 157 Å². The molecule has 0 atom stereocenters. The molecule has 0 bridgehead atoms. The van der Waals surface area contributed by atoms with E-state index in [9.17, 15) is 4.79 Å². The van der Waals surface area contributed by atoms with Gasteiger partial charge in [-0.05, 0) is 44.9 Å². The Bertz CT molecular complexity index is 925. The number of likely N-dealkylation sites (tertiary alicyclic amines) is 1. The summed E-state index contributed by atoms with van der Waals surface area (Å²) in [7, 11) is 0. The highest BCUT2D eigenvalue weighted by atomic mass is 16.5. The molecule has 0 N–H and O–H groups in total. The second-order valence-electron chi connectivity index (χ2n) is 6.91. The summed E-state index contributed by atoms with van der Waals surface area (Å²) >= 11 is 0. The molecule has 0 radical (unpaired) electrons. The number of aromatic nitrogens is 5. The van der Waals surface area contributed by atoms with Crippen molar-refractivity contribution < 1.29 is 9.32 Å². The Morgan fingerprint density at radius 1 is 1.26 bits per heavy atom. The normalized spacial score (nSPS) is 15.3. The number of piperidine rings is 1. The van der Waals surface area contributed by atoms with E-state index in [0.29, 0.717) is 30.5 Å². The van der Waals surface area contributed by atoms with Gasteiger partial charge in [0.15, 0.2) is 0 Å². The average Bonchev–Trinajstić information content (AvgIpc) is 3.29. The highest BCUT2D eigenvalue weighted by molar-refractivity contribution is 5.76. The van der Waals surface area contributed by atoms with Crippen molar-refractivity contribution in [2.24, 2.45) is 0 Å². The molecule has 4 rings (SSSR count). The second kappa shape index (κ2) is 7.30. The van der Waals surface area contributed by atoms with Crippen molar-refractivity contribution in [2.45, 2.75) is 39.2 Å². The minimum absolute atomic E-state index is 0.0966. The summed E-state index contributed by atoms with van der Waals surface area (Å²) in [5.41, 5.74) is 2.63. The van der Waals surface area contributed by atoms with Crippen molar-refractivity contribution in [3.63, 3.8) is 0 Å². The Kier molecular flexibility index (Phi) is 4.70. The number of carbonyl (C=O) groups excluding carboxylic acids is 1. The molecule has 3 aromatic rings. The van der Waals surface area contributed by atoms with Gasteiger partial charge in [0, 0.05) is 30.9 Å². The molecule has 0 aliphatic carbocycles. The third kappa shape index (κ3) is 3.74. The topological polar surface area (TPSA) is 89.9 Å². The van der Waals surface area contributed by atoms with Gasteiger partial charge in [-0.3, -0.25) is 14.5 Å². The fourth-order valence-electron chi connectivity index (χ4n) is 3.44. The van der Waals surface area contributed by atoms with E-state index in [1.807, 2.05) is 43.0 Å². The molecule has 0 aromatic carbocycles. The quantitative estimate of drug-likeness (QED) is 0.704. The lowest BCUT2D eigenvalue weighted by Crippen LogP contribution is -2.40. The van der Waals surface area contributed by atoms with Crippen LogP contribution in [0.25, 0.3) is 11.5 Å². The van der Waals surface area contributed by atoms with E-state index >= 15 is 0 Å². The predicted molar refractivity (Wildman–Crippen MR) is 97.8 cm³/mol. The summed E-state index contributed by atoms with van der Waals surface area (Å²) in [4.78, 5) is 23.2. The lowest BCUT2D eigenvalue weighted by molar-refractivity contribution is -0.133. The zero-order valence-corrected chi connectivity index (χ0v) is 15.5. The predicted octanol–water partition coefficient (Wildman–Crippen LogP) is 2.35. The summed E-state index contributed by atoms with van der Waals surface area (Å²) in [6.45, 7) is 5.56. The minimum atomic E-state index is 0.0966. The molecule has 3 aromatic heterocycles. The van der Waals surface area contributed by atoms with Crippen LogP contribution in [-0.4, -0.2) is 48.8 Å². The van der Waals surface area contributed by atoms with Gasteiger partial charge in [0.2, 0.25) is 17.6 Å². The highest BCUT2D eigenvalue weighted by Gasteiger charge is 2.28. The largest absolute Gasteiger partial charge is 0.341 e. The first-order valence-corrected chi connectivity index (χ1v) is 9.14. The fourth-order valence-corrected chi connectivity index (χ4v) is 3.44. The molecule has 1 aliphatic rings. The van der Waals surface area contributed by atoms with Crippen LogP contribution in [0.5, 0.6) is 0 Å². The van der Waals surface area contributed by atoms with Crippen molar-refractivity contribution >= 4 is 5.91 Å². The first-order chi connectivity index (χ1) is 13.1. The average molecular weight is 366 g/mol. The van der Waals surface area contributed by atoms with Crippen molar-refractivity contribution in [3.05, 3.63) is 47.7 Å². The van der Waals surface area contributed by atoms with Crippen LogP contribution >= 0.6 is 0 Å². The standard InChI is InChI=1S/C19H22N6O2/c1-13-11-14(2)25(22-13)12-17(26)24-9-6-15(7-10-24)19-21-18(23-27-19)16-5-3-4-8-20-16/h3-5,8,11,15H,6-7,9-10,12H2,1-2H3. The number of aryl methyl sites for hydroxylation is 2. The van der Waals surface area contributed by atoms with Gasteiger partial charge >= 0.3 is 0 Å². The van der Waals surface area contributed by atoms with Crippen LogP contribution in [0.3, 0.4) is 0 Å². The van der Waals surface area contributed by atoms with Crippen molar-refractivity contribution in [1.29, 1.82) is 0 Å². The summed E-state index contributed by atoms with van der Waals surface area (Å²) in [5, 5.41) is 8.41. The third-order valence-corrected chi connectivity index (χ3v) is 4.92. The SMILES string of the molecule is Cc1cc(C)n(CC(=O)N2CCC(c3nc(-c4ccccn4)no3)CC2)n1. The molecule has 1 amide bonds. The molecule has 27 heavy (non-hydrogen) atoms. The van der Waals surface area contributed by atoms with Gasteiger partial charge in [-0.15, -0.1) is 0 Å². The Balaban J connectivity index is 1.36. The van der Waals surface area contributed by atoms with Crippen LogP contribution in [0.4, 0.5) is 0 Å². The Hall–Kier alpha value is -3.03. The van der Waals surface area contributed by atoms with Crippen LogP contribution in [0.1, 0.15) is 36.0 Å². The van der Waals surface area contributed by atoms with E-state index in [4.69, 9.17) is 4.52 Å². The summed E-state index contributed by atoms with van der Waals surface area (Å²) in [6, 6.07) is 7.58. The van der Waals surface area contributed by atoms with E-state index in [0.717, 1.165) is 24.2 Å². The fraction of sp³-hybridized carbons (Fsp3) is 0.421. The molecular weight excluding hydrogens is 344 g/mol.